The molecular weight excluding hydrogens is 243 g/mol. The van der Waals surface area contributed by atoms with Gasteiger partial charge in [0.25, 0.3) is 0 Å². The van der Waals surface area contributed by atoms with Crippen LogP contribution in [0.3, 0.4) is 0 Å². The number of aliphatic hydroxyl groups excluding tert-OH is 1. The molecule has 2 N–H and O–H groups in total. The average Bonchev–Trinajstić information content (AvgIpc) is 2.42. The van der Waals surface area contributed by atoms with Crippen molar-refractivity contribution >= 4 is 5.69 Å². The monoisotopic (exact) mass is 260 g/mol. The molecule has 0 amide bonds. The summed E-state index contributed by atoms with van der Waals surface area (Å²) >= 11 is 0. The Bertz CT molecular complexity index is 539. The minimum absolute atomic E-state index is 0.139. The first-order chi connectivity index (χ1) is 9.03. The largest absolute Gasteiger partial charge is 0.394 e. The quantitative estimate of drug-likeness (QED) is 0.888. The summed E-state index contributed by atoms with van der Waals surface area (Å²) in [6, 6.07) is 10.8. The zero-order valence-corrected chi connectivity index (χ0v) is 11.0. The number of benzene rings is 1. The summed E-state index contributed by atoms with van der Waals surface area (Å²) in [5.41, 5.74) is 1.89. The van der Waals surface area contributed by atoms with E-state index in [1.807, 2.05) is 38.1 Å². The van der Waals surface area contributed by atoms with Gasteiger partial charge in [0.05, 0.1) is 24.0 Å². The lowest BCUT2D eigenvalue weighted by atomic mass is 9.97. The SMILES string of the molecule is Cc1ccc(NC(C)(CO)c2ccc(F)cn2)cc1. The van der Waals surface area contributed by atoms with Crippen molar-refractivity contribution in [2.24, 2.45) is 0 Å². The Morgan fingerprint density at radius 2 is 1.89 bits per heavy atom. The number of nitrogens with one attached hydrogen (secondary N) is 1. The third-order valence-electron chi connectivity index (χ3n) is 3.08. The maximum Gasteiger partial charge on any atom is 0.141 e. The third kappa shape index (κ3) is 3.09. The number of pyridine rings is 1. The number of anilines is 1. The molecule has 0 spiro atoms. The number of rotatable bonds is 4. The highest BCUT2D eigenvalue weighted by atomic mass is 19.1. The predicted octanol–water partition coefficient (Wildman–Crippen LogP) is 2.85. The predicted molar refractivity (Wildman–Crippen MR) is 73.4 cm³/mol. The van der Waals surface area contributed by atoms with Crippen LogP contribution < -0.4 is 5.32 Å². The Morgan fingerprint density at radius 1 is 1.21 bits per heavy atom. The molecule has 1 atom stereocenters. The van der Waals surface area contributed by atoms with Gasteiger partial charge in [-0.25, -0.2) is 4.39 Å². The Balaban J connectivity index is 2.27. The highest BCUT2D eigenvalue weighted by Gasteiger charge is 2.27. The lowest BCUT2D eigenvalue weighted by molar-refractivity contribution is 0.221. The number of aromatic nitrogens is 1. The molecule has 3 nitrogen and oxygen atoms in total. The van der Waals surface area contributed by atoms with Crippen molar-refractivity contribution in [3.8, 4) is 0 Å². The van der Waals surface area contributed by atoms with Crippen LogP contribution in [0.25, 0.3) is 0 Å². The maximum atomic E-state index is 12.9. The fraction of sp³-hybridized carbons (Fsp3) is 0.267. The minimum Gasteiger partial charge on any atom is -0.394 e. The van der Waals surface area contributed by atoms with Crippen molar-refractivity contribution in [3.05, 3.63) is 59.7 Å². The van der Waals surface area contributed by atoms with E-state index in [9.17, 15) is 9.50 Å². The van der Waals surface area contributed by atoms with Gasteiger partial charge in [0, 0.05) is 5.69 Å². The molecule has 19 heavy (non-hydrogen) atoms. The molecule has 0 aliphatic carbocycles. The van der Waals surface area contributed by atoms with Crippen molar-refractivity contribution < 1.29 is 9.50 Å². The van der Waals surface area contributed by atoms with E-state index < -0.39 is 5.54 Å². The summed E-state index contributed by atoms with van der Waals surface area (Å²) in [7, 11) is 0. The van der Waals surface area contributed by atoms with E-state index in [1.54, 1.807) is 6.07 Å². The molecule has 1 aromatic heterocycles. The van der Waals surface area contributed by atoms with Crippen molar-refractivity contribution in [2.75, 3.05) is 11.9 Å². The van der Waals surface area contributed by atoms with Crippen LogP contribution in [0.15, 0.2) is 42.6 Å². The first-order valence-corrected chi connectivity index (χ1v) is 6.11. The number of hydrogen-bond donors (Lipinski definition) is 2. The Labute approximate surface area is 112 Å². The van der Waals surface area contributed by atoms with E-state index in [0.29, 0.717) is 5.69 Å². The van der Waals surface area contributed by atoms with Crippen molar-refractivity contribution in [1.29, 1.82) is 0 Å². The number of halogens is 1. The number of hydrogen-bond acceptors (Lipinski definition) is 3. The molecule has 1 unspecified atom stereocenters. The average molecular weight is 260 g/mol. The van der Waals surface area contributed by atoms with Gasteiger partial charge in [0.1, 0.15) is 5.82 Å². The standard InChI is InChI=1S/C15H17FN2O/c1-11-3-6-13(7-4-11)18-15(2,10-19)14-8-5-12(16)9-17-14/h3-9,18-19H,10H2,1-2H3. The lowest BCUT2D eigenvalue weighted by Gasteiger charge is -2.29. The van der Waals surface area contributed by atoms with Gasteiger partial charge >= 0.3 is 0 Å². The fourth-order valence-corrected chi connectivity index (χ4v) is 1.84. The van der Waals surface area contributed by atoms with E-state index in [1.165, 1.54) is 6.07 Å². The van der Waals surface area contributed by atoms with Crippen LogP contribution >= 0.6 is 0 Å². The van der Waals surface area contributed by atoms with Crippen LogP contribution in [-0.2, 0) is 5.54 Å². The molecule has 0 saturated heterocycles. The van der Waals surface area contributed by atoms with Crippen LogP contribution in [0.4, 0.5) is 10.1 Å². The first-order valence-electron chi connectivity index (χ1n) is 6.11. The number of nitrogens with zero attached hydrogens (tertiary/aromatic N) is 1. The Kier molecular flexibility index (Phi) is 3.81. The van der Waals surface area contributed by atoms with Gasteiger partial charge < -0.3 is 10.4 Å². The van der Waals surface area contributed by atoms with Gasteiger partial charge in [-0.3, -0.25) is 4.98 Å². The molecule has 2 aromatic rings. The smallest absolute Gasteiger partial charge is 0.141 e. The van der Waals surface area contributed by atoms with Crippen LogP contribution in [-0.4, -0.2) is 16.7 Å². The highest BCUT2D eigenvalue weighted by molar-refractivity contribution is 5.48. The molecular formula is C15H17FN2O. The molecule has 0 aliphatic heterocycles. The van der Waals surface area contributed by atoms with Crippen LogP contribution in [0.1, 0.15) is 18.2 Å². The van der Waals surface area contributed by atoms with E-state index in [0.717, 1.165) is 17.4 Å². The number of aliphatic hydroxyl groups is 1. The summed E-state index contributed by atoms with van der Waals surface area (Å²) in [6.07, 6.45) is 1.15. The summed E-state index contributed by atoms with van der Waals surface area (Å²) in [5.74, 6) is -0.389. The van der Waals surface area contributed by atoms with Gasteiger partial charge in [-0.05, 0) is 38.1 Å². The van der Waals surface area contributed by atoms with Gasteiger partial charge in [-0.15, -0.1) is 0 Å². The summed E-state index contributed by atoms with van der Waals surface area (Å²) in [6.45, 7) is 3.70. The number of aryl methyl sites for hydroxylation is 1. The van der Waals surface area contributed by atoms with Crippen LogP contribution in [0.2, 0.25) is 0 Å². The molecule has 0 bridgehead atoms. The van der Waals surface area contributed by atoms with Gasteiger partial charge in [0.2, 0.25) is 0 Å². The molecule has 0 aliphatic rings. The van der Waals surface area contributed by atoms with Gasteiger partial charge in [-0.2, -0.15) is 0 Å². The molecule has 0 fully saturated rings. The Morgan fingerprint density at radius 3 is 2.42 bits per heavy atom. The third-order valence-corrected chi connectivity index (χ3v) is 3.08. The van der Waals surface area contributed by atoms with E-state index in [4.69, 9.17) is 0 Å². The second kappa shape index (κ2) is 5.36. The second-order valence-corrected chi connectivity index (χ2v) is 4.84. The van der Waals surface area contributed by atoms with E-state index in [2.05, 4.69) is 10.3 Å². The van der Waals surface area contributed by atoms with Crippen molar-refractivity contribution in [3.63, 3.8) is 0 Å². The topological polar surface area (TPSA) is 45.1 Å². The summed E-state index contributed by atoms with van der Waals surface area (Å²) in [5, 5.41) is 12.9. The minimum atomic E-state index is -0.747. The molecule has 1 heterocycles. The van der Waals surface area contributed by atoms with E-state index in [-0.39, 0.29) is 12.4 Å². The molecule has 2 rings (SSSR count). The lowest BCUT2D eigenvalue weighted by Crippen LogP contribution is -2.36. The molecule has 1 aromatic carbocycles. The second-order valence-electron chi connectivity index (χ2n) is 4.84. The maximum absolute atomic E-state index is 12.9. The van der Waals surface area contributed by atoms with Crippen molar-refractivity contribution in [1.82, 2.24) is 4.98 Å². The molecule has 100 valence electrons. The molecule has 0 saturated carbocycles. The zero-order chi connectivity index (χ0) is 13.9. The fourth-order valence-electron chi connectivity index (χ4n) is 1.84. The van der Waals surface area contributed by atoms with E-state index >= 15 is 0 Å². The van der Waals surface area contributed by atoms with Gasteiger partial charge in [-0.1, -0.05) is 17.7 Å². The summed E-state index contributed by atoms with van der Waals surface area (Å²) < 4.78 is 12.9. The van der Waals surface area contributed by atoms with Gasteiger partial charge in [0.15, 0.2) is 0 Å². The highest BCUT2D eigenvalue weighted by Crippen LogP contribution is 2.24. The summed E-state index contributed by atoms with van der Waals surface area (Å²) in [4.78, 5) is 4.04. The normalized spacial score (nSPS) is 13.9. The molecule has 0 radical (unpaired) electrons. The first kappa shape index (κ1) is 13.5. The van der Waals surface area contributed by atoms with Crippen LogP contribution in [0.5, 0.6) is 0 Å². The molecule has 4 heteroatoms. The van der Waals surface area contributed by atoms with Crippen molar-refractivity contribution in [2.45, 2.75) is 19.4 Å². The Hall–Kier alpha value is -1.94. The van der Waals surface area contributed by atoms with Crippen LogP contribution in [0, 0.1) is 12.7 Å². The zero-order valence-electron chi connectivity index (χ0n) is 11.0.